The number of rotatable bonds is 7. The third-order valence-electron chi connectivity index (χ3n) is 3.65. The van der Waals surface area contributed by atoms with Crippen LogP contribution in [-0.4, -0.2) is 22.4 Å². The fourth-order valence-corrected chi connectivity index (χ4v) is 2.44. The summed E-state index contributed by atoms with van der Waals surface area (Å²) in [6.07, 6.45) is -0.531. The Morgan fingerprint density at radius 1 is 1.00 bits per heavy atom. The zero-order valence-corrected chi connectivity index (χ0v) is 12.6. The molecule has 0 spiro atoms. The number of aliphatic hydroxyl groups excluding tert-OH is 2. The van der Waals surface area contributed by atoms with Gasteiger partial charge >= 0.3 is 0 Å². The van der Waals surface area contributed by atoms with Crippen LogP contribution in [0.5, 0.6) is 0 Å². The van der Waals surface area contributed by atoms with Crippen molar-refractivity contribution in [1.29, 1.82) is 0 Å². The Morgan fingerprint density at radius 2 is 1.64 bits per heavy atom. The zero-order valence-electron chi connectivity index (χ0n) is 12.6. The van der Waals surface area contributed by atoms with Crippen LogP contribution in [0.25, 0.3) is 0 Å². The summed E-state index contributed by atoms with van der Waals surface area (Å²) < 4.78 is 13.1. The van der Waals surface area contributed by atoms with Gasteiger partial charge in [0.15, 0.2) is 0 Å². The van der Waals surface area contributed by atoms with Gasteiger partial charge < -0.3 is 15.5 Å². The molecule has 0 heterocycles. The molecular formula is C18H22FNO2. The van der Waals surface area contributed by atoms with Gasteiger partial charge in [-0.15, -0.1) is 0 Å². The van der Waals surface area contributed by atoms with Gasteiger partial charge in [-0.2, -0.15) is 0 Å². The normalized spacial score (nSPS) is 15.1. The van der Waals surface area contributed by atoms with Crippen LogP contribution in [-0.2, 0) is 0 Å². The maximum absolute atomic E-state index is 13.1. The van der Waals surface area contributed by atoms with Crippen molar-refractivity contribution in [3.8, 4) is 0 Å². The van der Waals surface area contributed by atoms with E-state index < -0.39 is 18.2 Å². The Balaban J connectivity index is 2.25. The summed E-state index contributed by atoms with van der Waals surface area (Å²) in [6, 6.07) is 14.9. The quantitative estimate of drug-likeness (QED) is 0.734. The minimum absolute atomic E-state index is 0.328. The molecule has 22 heavy (non-hydrogen) atoms. The van der Waals surface area contributed by atoms with Gasteiger partial charge in [-0.1, -0.05) is 43.7 Å². The van der Waals surface area contributed by atoms with Crippen molar-refractivity contribution < 1.29 is 14.6 Å². The average molecular weight is 303 g/mol. The second-order valence-corrected chi connectivity index (χ2v) is 5.39. The monoisotopic (exact) mass is 303 g/mol. The van der Waals surface area contributed by atoms with Gasteiger partial charge in [0, 0.05) is 5.69 Å². The molecule has 0 radical (unpaired) electrons. The van der Waals surface area contributed by atoms with Crippen molar-refractivity contribution in [2.24, 2.45) is 0 Å². The number of hydrogen-bond donors (Lipinski definition) is 3. The molecule has 0 aliphatic rings. The minimum atomic E-state index is -0.981. The highest BCUT2D eigenvalue weighted by molar-refractivity contribution is 5.45. The van der Waals surface area contributed by atoms with Crippen LogP contribution in [0, 0.1) is 5.82 Å². The van der Waals surface area contributed by atoms with Crippen molar-refractivity contribution >= 4 is 5.69 Å². The molecule has 0 aromatic heterocycles. The topological polar surface area (TPSA) is 52.5 Å². The molecule has 3 nitrogen and oxygen atoms in total. The average Bonchev–Trinajstić information content (AvgIpc) is 2.54. The fraction of sp³-hybridized carbons (Fsp3) is 0.333. The van der Waals surface area contributed by atoms with Gasteiger partial charge in [-0.3, -0.25) is 0 Å². The molecule has 0 saturated carbocycles. The molecule has 118 valence electrons. The third kappa shape index (κ3) is 4.29. The molecular weight excluding hydrogens is 281 g/mol. The SMILES string of the molecule is CCC[C@H](O)[C@H](O)[C@H](Nc1ccccc1)c1ccc(F)cc1. The zero-order chi connectivity index (χ0) is 15.9. The Morgan fingerprint density at radius 3 is 2.23 bits per heavy atom. The molecule has 3 atom stereocenters. The van der Waals surface area contributed by atoms with Gasteiger partial charge in [0.2, 0.25) is 0 Å². The molecule has 3 N–H and O–H groups in total. The van der Waals surface area contributed by atoms with Crippen LogP contribution in [0.1, 0.15) is 31.4 Å². The standard InChI is InChI=1S/C18H22FNO2/c1-2-6-16(21)18(22)17(13-9-11-14(19)12-10-13)20-15-7-4-3-5-8-15/h3-5,7-12,16-18,20-22H,2,6H2,1H3/t16-,17+,18-/m0/s1. The third-order valence-corrected chi connectivity index (χ3v) is 3.65. The second-order valence-electron chi connectivity index (χ2n) is 5.39. The van der Waals surface area contributed by atoms with E-state index in [-0.39, 0.29) is 5.82 Å². The van der Waals surface area contributed by atoms with Gasteiger partial charge in [-0.05, 0) is 36.2 Å². The van der Waals surface area contributed by atoms with E-state index in [0.717, 1.165) is 17.7 Å². The molecule has 4 heteroatoms. The lowest BCUT2D eigenvalue weighted by molar-refractivity contribution is 0.00280. The largest absolute Gasteiger partial charge is 0.390 e. The molecule has 2 aromatic rings. The van der Waals surface area contributed by atoms with Gasteiger partial charge in [0.25, 0.3) is 0 Å². The number of hydrogen-bond acceptors (Lipinski definition) is 3. The lowest BCUT2D eigenvalue weighted by atomic mass is 9.95. The first kappa shape index (κ1) is 16.5. The van der Waals surface area contributed by atoms with Crippen LogP contribution in [0.3, 0.4) is 0 Å². The highest BCUT2D eigenvalue weighted by atomic mass is 19.1. The number of anilines is 1. The molecule has 0 aliphatic carbocycles. The first-order valence-corrected chi connectivity index (χ1v) is 7.55. The van der Waals surface area contributed by atoms with E-state index in [9.17, 15) is 14.6 Å². The smallest absolute Gasteiger partial charge is 0.123 e. The molecule has 0 unspecified atom stereocenters. The summed E-state index contributed by atoms with van der Waals surface area (Å²) in [5, 5.41) is 23.8. The van der Waals surface area contributed by atoms with E-state index in [4.69, 9.17) is 0 Å². The lowest BCUT2D eigenvalue weighted by Crippen LogP contribution is -2.36. The van der Waals surface area contributed by atoms with Gasteiger partial charge in [-0.25, -0.2) is 4.39 Å². The Bertz CT molecular complexity index is 559. The van der Waals surface area contributed by atoms with Crippen molar-refractivity contribution in [2.75, 3.05) is 5.32 Å². The van der Waals surface area contributed by atoms with E-state index in [2.05, 4.69) is 5.32 Å². The molecule has 2 aromatic carbocycles. The number of aliphatic hydroxyl groups is 2. The number of halogens is 1. The van der Waals surface area contributed by atoms with Crippen LogP contribution in [0.2, 0.25) is 0 Å². The first-order chi connectivity index (χ1) is 10.6. The van der Waals surface area contributed by atoms with Crippen LogP contribution < -0.4 is 5.32 Å². The summed E-state index contributed by atoms with van der Waals surface area (Å²) in [4.78, 5) is 0. The lowest BCUT2D eigenvalue weighted by Gasteiger charge is -2.29. The summed E-state index contributed by atoms with van der Waals surface area (Å²) in [6.45, 7) is 1.95. The number of para-hydroxylation sites is 1. The Labute approximate surface area is 130 Å². The van der Waals surface area contributed by atoms with Crippen molar-refractivity contribution in [2.45, 2.75) is 38.0 Å². The fourth-order valence-electron chi connectivity index (χ4n) is 2.44. The highest BCUT2D eigenvalue weighted by Gasteiger charge is 2.27. The van der Waals surface area contributed by atoms with Crippen LogP contribution in [0.15, 0.2) is 54.6 Å². The van der Waals surface area contributed by atoms with E-state index >= 15 is 0 Å². The molecule has 0 fully saturated rings. The molecule has 0 amide bonds. The molecule has 0 saturated heterocycles. The van der Waals surface area contributed by atoms with E-state index in [1.54, 1.807) is 12.1 Å². The maximum Gasteiger partial charge on any atom is 0.123 e. The van der Waals surface area contributed by atoms with Crippen molar-refractivity contribution in [3.05, 3.63) is 66.0 Å². The predicted molar refractivity (Wildman–Crippen MR) is 86.1 cm³/mol. The second kappa shape index (κ2) is 7.92. The maximum atomic E-state index is 13.1. The van der Waals surface area contributed by atoms with E-state index in [1.165, 1.54) is 12.1 Å². The molecule has 0 bridgehead atoms. The number of nitrogens with one attached hydrogen (secondary N) is 1. The summed E-state index contributed by atoms with van der Waals surface area (Å²) in [5.41, 5.74) is 1.56. The summed E-state index contributed by atoms with van der Waals surface area (Å²) in [7, 11) is 0. The first-order valence-electron chi connectivity index (χ1n) is 7.55. The van der Waals surface area contributed by atoms with Gasteiger partial charge in [0.1, 0.15) is 11.9 Å². The van der Waals surface area contributed by atoms with Gasteiger partial charge in [0.05, 0.1) is 12.1 Å². The van der Waals surface area contributed by atoms with Crippen molar-refractivity contribution in [1.82, 2.24) is 0 Å². The van der Waals surface area contributed by atoms with E-state index in [1.807, 2.05) is 37.3 Å². The van der Waals surface area contributed by atoms with Crippen LogP contribution >= 0.6 is 0 Å². The van der Waals surface area contributed by atoms with Crippen molar-refractivity contribution in [3.63, 3.8) is 0 Å². The Kier molecular flexibility index (Phi) is 5.92. The Hall–Kier alpha value is -1.91. The summed E-state index contributed by atoms with van der Waals surface area (Å²) in [5.74, 6) is -0.328. The van der Waals surface area contributed by atoms with E-state index in [0.29, 0.717) is 6.42 Å². The minimum Gasteiger partial charge on any atom is -0.390 e. The molecule has 0 aliphatic heterocycles. The molecule has 2 rings (SSSR count). The highest BCUT2D eigenvalue weighted by Crippen LogP contribution is 2.26. The summed E-state index contributed by atoms with van der Waals surface area (Å²) >= 11 is 0. The van der Waals surface area contributed by atoms with Crippen LogP contribution in [0.4, 0.5) is 10.1 Å². The predicted octanol–water partition coefficient (Wildman–Crippen LogP) is 3.50. The number of benzene rings is 2.